The molecule has 0 amide bonds. The predicted molar refractivity (Wildman–Crippen MR) is 102 cm³/mol. The molecule has 0 unspecified atom stereocenters. The third-order valence-corrected chi connectivity index (χ3v) is 7.74. The Bertz CT molecular complexity index is 888. The van der Waals surface area contributed by atoms with E-state index >= 15 is 0 Å². The SMILES string of the molecule is C#Cc1c(C23CC4CC(CC(C4)C2)C3)ccc2c1Cc1ccccc1-2. The molecule has 0 atom stereocenters. The van der Waals surface area contributed by atoms with Crippen molar-refractivity contribution in [1.29, 1.82) is 0 Å². The van der Waals surface area contributed by atoms with Crippen molar-refractivity contribution in [3.63, 3.8) is 0 Å². The summed E-state index contributed by atoms with van der Waals surface area (Å²) < 4.78 is 0. The van der Waals surface area contributed by atoms with E-state index < -0.39 is 0 Å². The minimum Gasteiger partial charge on any atom is -0.115 e. The molecule has 2 aromatic carbocycles. The smallest absolute Gasteiger partial charge is 0.0321 e. The summed E-state index contributed by atoms with van der Waals surface area (Å²) in [6.45, 7) is 0. The maximum Gasteiger partial charge on any atom is 0.0321 e. The summed E-state index contributed by atoms with van der Waals surface area (Å²) in [6, 6.07) is 13.6. The fourth-order valence-corrected chi connectivity index (χ4v) is 7.26. The largest absolute Gasteiger partial charge is 0.115 e. The quantitative estimate of drug-likeness (QED) is 0.503. The zero-order valence-electron chi connectivity index (χ0n) is 14.7. The Morgan fingerprint density at radius 2 is 1.52 bits per heavy atom. The number of rotatable bonds is 1. The molecular formula is C25H24. The van der Waals surface area contributed by atoms with Crippen molar-refractivity contribution in [2.24, 2.45) is 17.8 Å². The van der Waals surface area contributed by atoms with E-state index in [4.69, 9.17) is 6.42 Å². The Kier molecular flexibility index (Phi) is 2.72. The van der Waals surface area contributed by atoms with E-state index in [-0.39, 0.29) is 0 Å². The Morgan fingerprint density at radius 3 is 2.20 bits per heavy atom. The predicted octanol–water partition coefficient (Wildman–Crippen LogP) is 5.71. The summed E-state index contributed by atoms with van der Waals surface area (Å²) in [7, 11) is 0. The van der Waals surface area contributed by atoms with Gasteiger partial charge in [0.15, 0.2) is 0 Å². The van der Waals surface area contributed by atoms with Gasteiger partial charge < -0.3 is 0 Å². The first kappa shape index (κ1) is 14.2. The second kappa shape index (κ2) is 4.79. The lowest BCUT2D eigenvalue weighted by molar-refractivity contribution is -0.00531. The van der Waals surface area contributed by atoms with Gasteiger partial charge in [0.1, 0.15) is 0 Å². The molecule has 0 nitrogen and oxygen atoms in total. The minimum absolute atomic E-state index is 0.389. The van der Waals surface area contributed by atoms with Gasteiger partial charge in [-0.2, -0.15) is 0 Å². The van der Waals surface area contributed by atoms with E-state index in [1.807, 2.05) is 0 Å². The zero-order chi connectivity index (χ0) is 16.6. The van der Waals surface area contributed by atoms with Crippen LogP contribution in [0.2, 0.25) is 0 Å². The van der Waals surface area contributed by atoms with Crippen LogP contribution in [0.5, 0.6) is 0 Å². The molecule has 25 heavy (non-hydrogen) atoms. The summed E-state index contributed by atoms with van der Waals surface area (Å²) in [5.41, 5.74) is 8.81. The highest BCUT2D eigenvalue weighted by Crippen LogP contribution is 2.61. The van der Waals surface area contributed by atoms with Crippen molar-refractivity contribution in [2.75, 3.05) is 0 Å². The fraction of sp³-hybridized carbons (Fsp3) is 0.440. The van der Waals surface area contributed by atoms with Gasteiger partial charge in [-0.15, -0.1) is 6.42 Å². The second-order valence-electron chi connectivity index (χ2n) is 9.19. The van der Waals surface area contributed by atoms with E-state index in [0.29, 0.717) is 5.41 Å². The maximum atomic E-state index is 6.13. The zero-order valence-corrected chi connectivity index (χ0v) is 14.7. The summed E-state index contributed by atoms with van der Waals surface area (Å²) >= 11 is 0. The molecule has 0 N–H and O–H groups in total. The molecule has 124 valence electrons. The molecule has 4 bridgehead atoms. The van der Waals surface area contributed by atoms with Gasteiger partial charge in [0.2, 0.25) is 0 Å². The molecule has 4 fully saturated rings. The van der Waals surface area contributed by atoms with Crippen LogP contribution in [0.3, 0.4) is 0 Å². The highest BCUT2D eigenvalue weighted by atomic mass is 14.6. The van der Waals surface area contributed by atoms with Crippen LogP contribution in [-0.4, -0.2) is 0 Å². The van der Waals surface area contributed by atoms with Crippen molar-refractivity contribution in [3.8, 4) is 23.5 Å². The van der Waals surface area contributed by atoms with Crippen molar-refractivity contribution in [3.05, 3.63) is 58.7 Å². The number of hydrogen-bond donors (Lipinski definition) is 0. The maximum absolute atomic E-state index is 6.13. The first-order chi connectivity index (χ1) is 12.3. The highest BCUT2D eigenvalue weighted by molar-refractivity contribution is 5.80. The molecule has 2 aromatic rings. The number of hydrogen-bond acceptors (Lipinski definition) is 0. The van der Waals surface area contributed by atoms with Crippen LogP contribution < -0.4 is 0 Å². The van der Waals surface area contributed by atoms with Gasteiger partial charge in [0.25, 0.3) is 0 Å². The molecular weight excluding hydrogens is 300 g/mol. The molecule has 4 saturated carbocycles. The first-order valence-corrected chi connectivity index (χ1v) is 9.97. The molecule has 0 radical (unpaired) electrons. The van der Waals surface area contributed by atoms with Gasteiger partial charge in [-0.25, -0.2) is 0 Å². The average molecular weight is 324 g/mol. The molecule has 7 rings (SSSR count). The summed E-state index contributed by atoms with van der Waals surface area (Å²) in [6.07, 6.45) is 15.8. The molecule has 0 saturated heterocycles. The topological polar surface area (TPSA) is 0 Å². The van der Waals surface area contributed by atoms with E-state index in [0.717, 1.165) is 24.2 Å². The Labute approximate surface area is 150 Å². The number of benzene rings is 2. The number of fused-ring (bicyclic) bond motifs is 3. The van der Waals surface area contributed by atoms with E-state index in [1.54, 1.807) is 0 Å². The molecule has 0 aliphatic heterocycles. The first-order valence-electron chi connectivity index (χ1n) is 9.97. The van der Waals surface area contributed by atoms with Crippen LogP contribution in [0, 0.1) is 30.1 Å². The van der Waals surface area contributed by atoms with Crippen molar-refractivity contribution >= 4 is 0 Å². The van der Waals surface area contributed by atoms with Gasteiger partial charge in [0, 0.05) is 5.56 Å². The standard InChI is InChI=1S/C25H24/c1-2-20-23-12-19-5-3-4-6-21(19)22(23)7-8-24(20)25-13-16-9-17(14-25)11-18(10-16)15-25/h1,3-8,16-18H,9-15H2. The highest BCUT2D eigenvalue weighted by Gasteiger charge is 2.52. The van der Waals surface area contributed by atoms with Crippen LogP contribution in [0.25, 0.3) is 11.1 Å². The Balaban J connectivity index is 1.53. The van der Waals surface area contributed by atoms with Crippen LogP contribution in [-0.2, 0) is 11.8 Å². The fourth-order valence-electron chi connectivity index (χ4n) is 7.26. The summed E-state index contributed by atoms with van der Waals surface area (Å²) in [5, 5.41) is 0. The van der Waals surface area contributed by atoms with Gasteiger partial charge >= 0.3 is 0 Å². The van der Waals surface area contributed by atoms with Crippen LogP contribution >= 0.6 is 0 Å². The third kappa shape index (κ3) is 1.85. The van der Waals surface area contributed by atoms with Gasteiger partial charge in [-0.3, -0.25) is 0 Å². The minimum atomic E-state index is 0.389. The molecule has 0 aromatic heterocycles. The summed E-state index contributed by atoms with van der Waals surface area (Å²) in [5.74, 6) is 6.04. The van der Waals surface area contributed by atoms with E-state index in [2.05, 4.69) is 42.3 Å². The Hall–Kier alpha value is -2.00. The lowest BCUT2D eigenvalue weighted by Crippen LogP contribution is -2.48. The number of terminal acetylenes is 1. The Morgan fingerprint density at radius 1 is 0.840 bits per heavy atom. The molecule has 0 heterocycles. The molecule has 0 heteroatoms. The van der Waals surface area contributed by atoms with Crippen LogP contribution in [0.1, 0.15) is 60.8 Å². The normalized spacial score (nSPS) is 33.8. The van der Waals surface area contributed by atoms with Gasteiger partial charge in [-0.1, -0.05) is 42.3 Å². The second-order valence-corrected chi connectivity index (χ2v) is 9.19. The average Bonchev–Trinajstić information content (AvgIpc) is 2.98. The van der Waals surface area contributed by atoms with Crippen molar-refractivity contribution in [1.82, 2.24) is 0 Å². The lowest BCUT2D eigenvalue weighted by atomic mass is 9.47. The summed E-state index contributed by atoms with van der Waals surface area (Å²) in [4.78, 5) is 0. The van der Waals surface area contributed by atoms with Gasteiger partial charge in [0.05, 0.1) is 0 Å². The van der Waals surface area contributed by atoms with Crippen molar-refractivity contribution < 1.29 is 0 Å². The van der Waals surface area contributed by atoms with Crippen molar-refractivity contribution in [2.45, 2.75) is 50.4 Å². The third-order valence-electron chi connectivity index (χ3n) is 7.74. The lowest BCUT2D eigenvalue weighted by Gasteiger charge is -2.57. The monoisotopic (exact) mass is 324 g/mol. The molecule has 0 spiro atoms. The van der Waals surface area contributed by atoms with E-state index in [1.165, 1.54) is 71.9 Å². The van der Waals surface area contributed by atoms with Crippen LogP contribution in [0.4, 0.5) is 0 Å². The van der Waals surface area contributed by atoms with Gasteiger partial charge in [-0.05, 0) is 95.9 Å². The van der Waals surface area contributed by atoms with Crippen LogP contribution in [0.15, 0.2) is 36.4 Å². The molecule has 5 aliphatic carbocycles. The molecule has 5 aliphatic rings. The van der Waals surface area contributed by atoms with E-state index in [9.17, 15) is 0 Å².